The van der Waals surface area contributed by atoms with E-state index in [2.05, 4.69) is 25.2 Å². The van der Waals surface area contributed by atoms with E-state index in [1.807, 2.05) is 30.2 Å². The number of imidazole rings is 1. The van der Waals surface area contributed by atoms with Gasteiger partial charge in [-0.15, -0.1) is 0 Å². The summed E-state index contributed by atoms with van der Waals surface area (Å²) in [5.74, 6) is -0.179. The maximum atomic E-state index is 15.6. The molecule has 1 aliphatic rings. The summed E-state index contributed by atoms with van der Waals surface area (Å²) < 4.78 is 59.2. The number of hydrogen-bond acceptors (Lipinski definition) is 6. The number of fused-ring (bicyclic) bond motifs is 1. The molecule has 2 N–H and O–H groups in total. The number of pyridine rings is 1. The number of aromatic amines is 1. The fraction of sp³-hybridized carbons (Fsp3) is 0.406. The zero-order valence-electron chi connectivity index (χ0n) is 24.8. The molecule has 0 unspecified atom stereocenters. The molecule has 0 atom stereocenters. The number of likely N-dealkylation sites (N-methyl/N-ethyl adjacent to an activating group) is 1. The molecule has 0 aliphatic carbocycles. The van der Waals surface area contributed by atoms with Gasteiger partial charge < -0.3 is 15.0 Å². The number of amides is 1. The van der Waals surface area contributed by atoms with Gasteiger partial charge in [-0.05, 0) is 73.3 Å². The van der Waals surface area contributed by atoms with E-state index in [-0.39, 0.29) is 17.3 Å². The van der Waals surface area contributed by atoms with Gasteiger partial charge in [-0.25, -0.2) is 14.4 Å². The fourth-order valence-corrected chi connectivity index (χ4v) is 5.58. The number of carbonyl (C=O) groups is 1. The number of benzene rings is 2. The van der Waals surface area contributed by atoms with Crippen LogP contribution in [0.25, 0.3) is 11.0 Å². The average Bonchev–Trinajstić information content (AvgIpc) is 3.47. The largest absolute Gasteiger partial charge is 0.481 e. The van der Waals surface area contributed by atoms with E-state index < -0.39 is 23.5 Å². The second kappa shape index (κ2) is 13.7. The lowest BCUT2D eigenvalue weighted by molar-refractivity contribution is -0.137. The molecule has 234 valence electrons. The molecule has 2 aromatic carbocycles. The van der Waals surface area contributed by atoms with Gasteiger partial charge in [0.15, 0.2) is 11.6 Å². The van der Waals surface area contributed by atoms with Crippen LogP contribution in [0.2, 0.25) is 0 Å². The number of methoxy groups -OCH3 is 1. The highest BCUT2D eigenvalue weighted by molar-refractivity contribution is 5.94. The summed E-state index contributed by atoms with van der Waals surface area (Å²) in [6, 6.07) is 12.5. The Morgan fingerprint density at radius 3 is 2.45 bits per heavy atom. The first-order valence-electron chi connectivity index (χ1n) is 14.7. The van der Waals surface area contributed by atoms with Crippen LogP contribution in [0.15, 0.2) is 54.7 Å². The van der Waals surface area contributed by atoms with Gasteiger partial charge in [-0.3, -0.25) is 14.6 Å². The Morgan fingerprint density at radius 2 is 1.82 bits per heavy atom. The zero-order valence-corrected chi connectivity index (χ0v) is 24.8. The van der Waals surface area contributed by atoms with Crippen molar-refractivity contribution in [2.75, 3.05) is 39.8 Å². The summed E-state index contributed by atoms with van der Waals surface area (Å²) in [5.41, 5.74) is 2.38. The average molecular weight is 613 g/mol. The smallest absolute Gasteiger partial charge is 0.416 e. The number of nitrogens with one attached hydrogen (secondary N) is 2. The maximum Gasteiger partial charge on any atom is 0.416 e. The second-order valence-electron chi connectivity index (χ2n) is 11.0. The van der Waals surface area contributed by atoms with Crippen LogP contribution >= 0.6 is 0 Å². The minimum Gasteiger partial charge on any atom is -0.481 e. The standard InChI is InChI=1S/C32H36F4N6O2/c1-3-41(19-21-4-7-24(8-5-21)32(34,35)36)17-14-37-31(43)30-39-26-10-9-25(28(33)29(26)40-30)23-12-15-42(16-13-23)20-22-6-11-27(44-2)38-18-22/h4-11,18,23H,3,12-17,19-20H2,1-2H3,(H,37,43)(H,39,40). The highest BCUT2D eigenvalue weighted by Gasteiger charge is 2.30. The molecule has 5 rings (SSSR count). The van der Waals surface area contributed by atoms with Gasteiger partial charge >= 0.3 is 6.18 Å². The summed E-state index contributed by atoms with van der Waals surface area (Å²) in [5, 5.41) is 2.81. The molecule has 0 saturated carbocycles. The highest BCUT2D eigenvalue weighted by Crippen LogP contribution is 2.33. The number of likely N-dealkylation sites (tertiary alicyclic amines) is 1. The van der Waals surface area contributed by atoms with Crippen molar-refractivity contribution in [3.63, 3.8) is 0 Å². The van der Waals surface area contributed by atoms with Gasteiger partial charge in [0.2, 0.25) is 5.88 Å². The lowest BCUT2D eigenvalue weighted by Gasteiger charge is -2.32. The second-order valence-corrected chi connectivity index (χ2v) is 11.0. The van der Waals surface area contributed by atoms with Crippen molar-refractivity contribution in [3.05, 3.63) is 88.6 Å². The van der Waals surface area contributed by atoms with Crippen LogP contribution in [0.3, 0.4) is 0 Å². The number of aromatic nitrogens is 3. The quantitative estimate of drug-likeness (QED) is 0.210. The molecule has 8 nitrogen and oxygen atoms in total. The first kappa shape index (κ1) is 31.4. The molecule has 3 heterocycles. The van der Waals surface area contributed by atoms with Gasteiger partial charge in [0, 0.05) is 38.4 Å². The van der Waals surface area contributed by atoms with Crippen LogP contribution < -0.4 is 10.1 Å². The number of halogens is 4. The summed E-state index contributed by atoms with van der Waals surface area (Å²) in [6.07, 6.45) is -0.940. The molecule has 1 amide bonds. The molecule has 12 heteroatoms. The number of ether oxygens (including phenoxy) is 1. The Balaban J connectivity index is 1.14. The van der Waals surface area contributed by atoms with E-state index in [0.29, 0.717) is 43.1 Å². The molecule has 1 saturated heterocycles. The molecule has 2 aromatic heterocycles. The normalized spacial score (nSPS) is 14.8. The van der Waals surface area contributed by atoms with E-state index in [9.17, 15) is 18.0 Å². The number of carbonyl (C=O) groups excluding carboxylic acids is 1. The zero-order chi connectivity index (χ0) is 31.3. The molecular formula is C32H36F4N6O2. The topological polar surface area (TPSA) is 86.4 Å². The predicted octanol–water partition coefficient (Wildman–Crippen LogP) is 5.76. The first-order valence-corrected chi connectivity index (χ1v) is 14.7. The van der Waals surface area contributed by atoms with E-state index >= 15 is 4.39 Å². The van der Waals surface area contributed by atoms with Gasteiger partial charge in [-0.1, -0.05) is 31.2 Å². The molecular weight excluding hydrogens is 576 g/mol. The highest BCUT2D eigenvalue weighted by atomic mass is 19.4. The minimum atomic E-state index is -4.37. The van der Waals surface area contributed by atoms with Gasteiger partial charge in [0.25, 0.3) is 5.91 Å². The van der Waals surface area contributed by atoms with Gasteiger partial charge in [0.05, 0.1) is 18.2 Å². The number of hydrogen-bond donors (Lipinski definition) is 2. The minimum absolute atomic E-state index is 0.0322. The van der Waals surface area contributed by atoms with Crippen molar-refractivity contribution in [3.8, 4) is 5.88 Å². The lowest BCUT2D eigenvalue weighted by atomic mass is 9.88. The molecule has 1 fully saturated rings. The van der Waals surface area contributed by atoms with Crippen molar-refractivity contribution in [2.24, 2.45) is 0 Å². The number of alkyl halides is 3. The van der Waals surface area contributed by atoms with E-state index in [4.69, 9.17) is 4.74 Å². The van der Waals surface area contributed by atoms with Crippen molar-refractivity contribution >= 4 is 16.9 Å². The third-order valence-electron chi connectivity index (χ3n) is 8.13. The van der Waals surface area contributed by atoms with Crippen molar-refractivity contribution in [2.45, 2.75) is 44.9 Å². The number of H-pyrrole nitrogens is 1. The third kappa shape index (κ3) is 7.54. The van der Waals surface area contributed by atoms with Crippen LogP contribution in [0.4, 0.5) is 17.6 Å². The molecule has 44 heavy (non-hydrogen) atoms. The summed E-state index contributed by atoms with van der Waals surface area (Å²) in [4.78, 5) is 28.6. The number of rotatable bonds is 11. The molecule has 0 spiro atoms. The predicted molar refractivity (Wildman–Crippen MR) is 159 cm³/mol. The third-order valence-corrected chi connectivity index (χ3v) is 8.13. The number of piperidine rings is 1. The molecule has 0 bridgehead atoms. The molecule has 4 aromatic rings. The van der Waals surface area contributed by atoms with Crippen LogP contribution in [0, 0.1) is 5.82 Å². The van der Waals surface area contributed by atoms with E-state index in [1.165, 1.54) is 12.1 Å². The monoisotopic (exact) mass is 612 g/mol. The van der Waals surface area contributed by atoms with Crippen LogP contribution in [0.5, 0.6) is 5.88 Å². The Morgan fingerprint density at radius 1 is 1.09 bits per heavy atom. The number of nitrogens with zero attached hydrogens (tertiary/aromatic N) is 4. The Kier molecular flexibility index (Phi) is 9.80. The van der Waals surface area contributed by atoms with E-state index in [1.54, 1.807) is 19.2 Å². The van der Waals surface area contributed by atoms with Crippen LogP contribution in [0.1, 0.15) is 58.6 Å². The van der Waals surface area contributed by atoms with Crippen LogP contribution in [-0.2, 0) is 19.3 Å². The Labute approximate surface area is 253 Å². The van der Waals surface area contributed by atoms with Gasteiger partial charge in [0.1, 0.15) is 5.52 Å². The van der Waals surface area contributed by atoms with Crippen molar-refractivity contribution in [1.82, 2.24) is 30.1 Å². The first-order chi connectivity index (χ1) is 21.1. The maximum absolute atomic E-state index is 15.6. The Hall–Kier alpha value is -4.03. The summed E-state index contributed by atoms with van der Waals surface area (Å²) >= 11 is 0. The van der Waals surface area contributed by atoms with Crippen molar-refractivity contribution in [1.29, 1.82) is 0 Å². The molecule has 0 radical (unpaired) electrons. The van der Waals surface area contributed by atoms with Crippen LogP contribution in [-0.4, -0.2) is 70.5 Å². The Bertz CT molecular complexity index is 1550. The van der Waals surface area contributed by atoms with Gasteiger partial charge in [-0.2, -0.15) is 13.2 Å². The SMILES string of the molecule is CCN(CCNC(=O)c1nc2c(F)c(C3CCN(Cc4ccc(OC)nc4)CC3)ccc2[nH]1)Cc1ccc(C(F)(F)F)cc1. The molecule has 1 aliphatic heterocycles. The lowest BCUT2D eigenvalue weighted by Crippen LogP contribution is -2.35. The summed E-state index contributed by atoms with van der Waals surface area (Å²) in [6.45, 7) is 6.24. The fourth-order valence-electron chi connectivity index (χ4n) is 5.58. The van der Waals surface area contributed by atoms with Crippen molar-refractivity contribution < 1.29 is 27.1 Å². The van der Waals surface area contributed by atoms with E-state index in [0.717, 1.165) is 55.7 Å². The summed E-state index contributed by atoms with van der Waals surface area (Å²) in [7, 11) is 1.59.